The summed E-state index contributed by atoms with van der Waals surface area (Å²) in [6, 6.07) is 20.8. The smallest absolute Gasteiger partial charge is 0.343 e. The molecule has 0 fully saturated rings. The molecule has 3 aromatic carbocycles. The highest BCUT2D eigenvalue weighted by Crippen LogP contribution is 2.38. The lowest BCUT2D eigenvalue weighted by atomic mass is 10.1. The molecule has 120 valence electrons. The molecule has 0 amide bonds. The summed E-state index contributed by atoms with van der Waals surface area (Å²) in [6.45, 7) is 0. The van der Waals surface area contributed by atoms with Gasteiger partial charge >= 0.3 is 5.97 Å². The van der Waals surface area contributed by atoms with Gasteiger partial charge < -0.3 is 4.74 Å². The zero-order chi connectivity index (χ0) is 17.1. The molecular weight excluding hydrogens is 500 g/mol. The summed E-state index contributed by atoms with van der Waals surface area (Å²) >= 11 is 10.4. The number of benzene rings is 3. The average molecular weight is 511 g/mol. The molecule has 0 aromatic heterocycles. The molecule has 0 saturated carbocycles. The molecule has 0 saturated heterocycles. The van der Waals surface area contributed by atoms with E-state index in [1.165, 1.54) is 0 Å². The number of halogens is 3. The van der Waals surface area contributed by atoms with Gasteiger partial charge in [-0.05, 0) is 79.4 Å². The van der Waals surface area contributed by atoms with Crippen LogP contribution < -0.4 is 4.74 Å². The largest absolute Gasteiger partial charge is 0.421 e. The Labute approximate surface area is 165 Å². The number of hydrogen-bond donors (Lipinski definition) is 0. The van der Waals surface area contributed by atoms with Gasteiger partial charge in [0.15, 0.2) is 5.75 Å². The van der Waals surface area contributed by atoms with E-state index in [1.807, 2.05) is 42.5 Å². The highest BCUT2D eigenvalue weighted by Gasteiger charge is 2.15. The first-order valence-electron chi connectivity index (χ1n) is 7.07. The van der Waals surface area contributed by atoms with Gasteiger partial charge in [0, 0.05) is 4.47 Å². The van der Waals surface area contributed by atoms with Crippen molar-refractivity contribution >= 4 is 53.8 Å². The predicted molar refractivity (Wildman–Crippen MR) is 106 cm³/mol. The molecule has 0 aliphatic rings. The second kappa shape index (κ2) is 7.64. The summed E-state index contributed by atoms with van der Waals surface area (Å²) in [7, 11) is 0. The highest BCUT2D eigenvalue weighted by atomic mass is 79.9. The summed E-state index contributed by atoms with van der Waals surface area (Å²) in [6.07, 6.45) is 0. The van der Waals surface area contributed by atoms with Crippen LogP contribution in [-0.2, 0) is 0 Å². The molecule has 24 heavy (non-hydrogen) atoms. The van der Waals surface area contributed by atoms with Crippen LogP contribution in [0, 0.1) is 0 Å². The summed E-state index contributed by atoms with van der Waals surface area (Å²) in [5.74, 6) is 0.0677. The number of esters is 1. The van der Waals surface area contributed by atoms with Crippen LogP contribution in [0.4, 0.5) is 0 Å². The van der Waals surface area contributed by atoms with E-state index in [-0.39, 0.29) is 0 Å². The summed E-state index contributed by atoms with van der Waals surface area (Å²) < 4.78 is 7.97. The Kier molecular flexibility index (Phi) is 5.54. The third-order valence-electron chi connectivity index (χ3n) is 3.38. The summed E-state index contributed by atoms with van der Waals surface area (Å²) in [5.41, 5.74) is 2.59. The Morgan fingerprint density at radius 2 is 1.33 bits per heavy atom. The number of hydrogen-bond acceptors (Lipinski definition) is 2. The van der Waals surface area contributed by atoms with Gasteiger partial charge in [-0.25, -0.2) is 4.79 Å². The van der Waals surface area contributed by atoms with Gasteiger partial charge in [0.05, 0.1) is 14.5 Å². The van der Waals surface area contributed by atoms with Gasteiger partial charge in [-0.15, -0.1) is 0 Å². The van der Waals surface area contributed by atoms with E-state index in [0.717, 1.165) is 15.6 Å². The maximum atomic E-state index is 12.2. The van der Waals surface area contributed by atoms with Crippen LogP contribution >= 0.6 is 47.8 Å². The molecule has 0 spiro atoms. The quantitative estimate of drug-likeness (QED) is 0.284. The monoisotopic (exact) mass is 508 g/mol. The van der Waals surface area contributed by atoms with Crippen molar-refractivity contribution in [1.82, 2.24) is 0 Å². The molecule has 5 heteroatoms. The Morgan fingerprint density at radius 1 is 0.750 bits per heavy atom. The minimum absolute atomic E-state index is 0.395. The van der Waals surface area contributed by atoms with Crippen molar-refractivity contribution in [3.63, 3.8) is 0 Å². The normalized spacial score (nSPS) is 10.5. The Balaban J connectivity index is 1.90. The average Bonchev–Trinajstić information content (AvgIpc) is 2.59. The molecule has 0 aliphatic heterocycles. The molecule has 0 N–H and O–H groups in total. The van der Waals surface area contributed by atoms with Crippen molar-refractivity contribution in [3.8, 4) is 16.9 Å². The van der Waals surface area contributed by atoms with Crippen LogP contribution in [0.15, 0.2) is 80.1 Å². The fourth-order valence-electron chi connectivity index (χ4n) is 2.19. The number of carbonyl (C=O) groups is 1. The lowest BCUT2D eigenvalue weighted by Crippen LogP contribution is -2.09. The van der Waals surface area contributed by atoms with Gasteiger partial charge in [-0.2, -0.15) is 0 Å². The van der Waals surface area contributed by atoms with E-state index < -0.39 is 5.97 Å². The molecule has 3 rings (SSSR count). The molecule has 0 bridgehead atoms. The van der Waals surface area contributed by atoms with Crippen molar-refractivity contribution in [2.24, 2.45) is 0 Å². The first-order chi connectivity index (χ1) is 11.5. The van der Waals surface area contributed by atoms with E-state index in [4.69, 9.17) is 4.74 Å². The van der Waals surface area contributed by atoms with Crippen LogP contribution in [0.3, 0.4) is 0 Å². The number of ether oxygens (including phenoxy) is 1. The Bertz CT molecular complexity index is 852. The molecule has 0 radical (unpaired) electrons. The van der Waals surface area contributed by atoms with Crippen LogP contribution in [0.1, 0.15) is 10.4 Å². The predicted octanol–water partition coefficient (Wildman–Crippen LogP) is 6.86. The van der Waals surface area contributed by atoms with Crippen molar-refractivity contribution in [2.75, 3.05) is 0 Å². The molecule has 0 unspecified atom stereocenters. The SMILES string of the molecule is O=C(Oc1c(Br)cc(-c2ccc(Br)cc2)cc1Br)c1ccccc1. The Morgan fingerprint density at radius 3 is 1.92 bits per heavy atom. The zero-order valence-electron chi connectivity index (χ0n) is 12.3. The summed E-state index contributed by atoms with van der Waals surface area (Å²) in [4.78, 5) is 12.2. The molecule has 0 aliphatic carbocycles. The minimum Gasteiger partial charge on any atom is -0.421 e. The molecule has 0 heterocycles. The van der Waals surface area contributed by atoms with Crippen molar-refractivity contribution in [3.05, 3.63) is 85.7 Å². The third kappa shape index (κ3) is 3.97. The Hall–Kier alpha value is -1.43. The first kappa shape index (κ1) is 17.4. The number of rotatable bonds is 3. The van der Waals surface area contributed by atoms with Crippen LogP contribution in [0.2, 0.25) is 0 Å². The molecule has 0 atom stereocenters. The minimum atomic E-state index is -0.395. The maximum absolute atomic E-state index is 12.2. The standard InChI is InChI=1S/C19H11Br3O2/c20-15-8-6-12(7-9-15)14-10-16(21)18(17(22)11-14)24-19(23)13-4-2-1-3-5-13/h1-11H. The maximum Gasteiger partial charge on any atom is 0.343 e. The van der Waals surface area contributed by atoms with E-state index in [2.05, 4.69) is 47.8 Å². The second-order valence-corrected chi connectivity index (χ2v) is 7.66. The van der Waals surface area contributed by atoms with Gasteiger partial charge in [-0.3, -0.25) is 0 Å². The lowest BCUT2D eigenvalue weighted by molar-refractivity contribution is 0.0732. The zero-order valence-corrected chi connectivity index (χ0v) is 17.1. The van der Waals surface area contributed by atoms with Gasteiger partial charge in [-0.1, -0.05) is 46.3 Å². The van der Waals surface area contributed by atoms with E-state index in [1.54, 1.807) is 24.3 Å². The van der Waals surface area contributed by atoms with Crippen molar-refractivity contribution in [2.45, 2.75) is 0 Å². The second-order valence-electron chi connectivity index (χ2n) is 5.03. The molecule has 3 aromatic rings. The van der Waals surface area contributed by atoms with Crippen LogP contribution in [0.25, 0.3) is 11.1 Å². The van der Waals surface area contributed by atoms with E-state index in [9.17, 15) is 4.79 Å². The first-order valence-corrected chi connectivity index (χ1v) is 9.45. The lowest BCUT2D eigenvalue weighted by Gasteiger charge is -2.11. The van der Waals surface area contributed by atoms with E-state index >= 15 is 0 Å². The van der Waals surface area contributed by atoms with Crippen molar-refractivity contribution in [1.29, 1.82) is 0 Å². The van der Waals surface area contributed by atoms with Gasteiger partial charge in [0.2, 0.25) is 0 Å². The topological polar surface area (TPSA) is 26.3 Å². The molecular formula is C19H11Br3O2. The molecule has 2 nitrogen and oxygen atoms in total. The van der Waals surface area contributed by atoms with Gasteiger partial charge in [0.25, 0.3) is 0 Å². The van der Waals surface area contributed by atoms with E-state index in [0.29, 0.717) is 20.3 Å². The highest BCUT2D eigenvalue weighted by molar-refractivity contribution is 9.11. The van der Waals surface area contributed by atoms with Crippen LogP contribution in [-0.4, -0.2) is 5.97 Å². The fraction of sp³-hybridized carbons (Fsp3) is 0. The number of carbonyl (C=O) groups excluding carboxylic acids is 1. The van der Waals surface area contributed by atoms with Gasteiger partial charge in [0.1, 0.15) is 0 Å². The third-order valence-corrected chi connectivity index (χ3v) is 5.09. The van der Waals surface area contributed by atoms with Crippen LogP contribution in [0.5, 0.6) is 5.75 Å². The fourth-order valence-corrected chi connectivity index (χ4v) is 3.80. The van der Waals surface area contributed by atoms with Crippen molar-refractivity contribution < 1.29 is 9.53 Å². The summed E-state index contributed by atoms with van der Waals surface area (Å²) in [5, 5.41) is 0.